The van der Waals surface area contributed by atoms with Crippen molar-refractivity contribution in [2.45, 2.75) is 11.4 Å². The smallest absolute Gasteiger partial charge is 0.163 e. The molecule has 0 bridgehead atoms. The topological polar surface area (TPSA) is 30.5 Å². The molecule has 0 saturated heterocycles. The van der Waals surface area contributed by atoms with Gasteiger partial charge in [0.25, 0.3) is 0 Å². The van der Waals surface area contributed by atoms with Gasteiger partial charge in [-0.15, -0.1) is 11.8 Å². The van der Waals surface area contributed by atoms with Crippen molar-refractivity contribution in [3.8, 4) is 11.5 Å². The average molecular weight is 287 g/mol. The van der Waals surface area contributed by atoms with E-state index >= 15 is 0 Å². The number of thioether (sulfide) groups is 1. The molecule has 0 radical (unpaired) electrons. The Labute approximate surface area is 123 Å². The van der Waals surface area contributed by atoms with Crippen molar-refractivity contribution in [3.05, 3.63) is 48.0 Å². The van der Waals surface area contributed by atoms with E-state index < -0.39 is 0 Å². The average Bonchev–Trinajstić information content (AvgIpc) is 2.53. The predicted molar refractivity (Wildman–Crippen MR) is 83.0 cm³/mol. The number of anilines is 1. The van der Waals surface area contributed by atoms with E-state index in [0.717, 1.165) is 23.7 Å². The molecule has 2 aromatic carbocycles. The van der Waals surface area contributed by atoms with Crippen LogP contribution >= 0.6 is 11.8 Å². The van der Waals surface area contributed by atoms with Gasteiger partial charge in [0.05, 0.1) is 0 Å². The fourth-order valence-electron chi connectivity index (χ4n) is 2.10. The molecule has 1 heterocycles. The highest BCUT2D eigenvalue weighted by Gasteiger charge is 2.11. The summed E-state index contributed by atoms with van der Waals surface area (Å²) in [5.41, 5.74) is 2.31. The van der Waals surface area contributed by atoms with Crippen molar-refractivity contribution in [3.63, 3.8) is 0 Å². The van der Waals surface area contributed by atoms with Gasteiger partial charge in [-0.05, 0) is 36.1 Å². The van der Waals surface area contributed by atoms with Gasteiger partial charge in [0.15, 0.2) is 11.5 Å². The molecule has 1 N–H and O–H groups in total. The second-order valence-corrected chi connectivity index (χ2v) is 5.44. The molecular weight excluding hydrogens is 270 g/mol. The van der Waals surface area contributed by atoms with Crippen LogP contribution in [0, 0.1) is 0 Å². The van der Waals surface area contributed by atoms with E-state index in [9.17, 15) is 0 Å². The monoisotopic (exact) mass is 287 g/mol. The second-order valence-electron chi connectivity index (χ2n) is 4.56. The van der Waals surface area contributed by atoms with Crippen molar-refractivity contribution in [1.82, 2.24) is 0 Å². The van der Waals surface area contributed by atoms with Gasteiger partial charge in [-0.2, -0.15) is 0 Å². The molecule has 2 aromatic rings. The molecule has 3 nitrogen and oxygen atoms in total. The summed E-state index contributed by atoms with van der Waals surface area (Å²) in [6.07, 6.45) is 2.09. The number of hydrogen-bond donors (Lipinski definition) is 1. The summed E-state index contributed by atoms with van der Waals surface area (Å²) in [4.78, 5) is 1.29. The molecule has 3 rings (SSSR count). The number of nitrogens with one attached hydrogen (secondary N) is 1. The number of fused-ring (bicyclic) bond motifs is 1. The lowest BCUT2D eigenvalue weighted by Gasteiger charge is -2.19. The standard InChI is InChI=1S/C16H17NO2S/c1-20-14-5-2-12(3-6-14)11-17-13-4-7-15-16(10-13)19-9-8-18-15/h2-7,10,17H,8-9,11H2,1H3. The lowest BCUT2D eigenvalue weighted by molar-refractivity contribution is 0.171. The molecule has 1 aliphatic heterocycles. The lowest BCUT2D eigenvalue weighted by atomic mass is 10.2. The first kappa shape index (κ1) is 13.2. The first-order valence-corrected chi connectivity index (χ1v) is 7.84. The number of ether oxygens (including phenoxy) is 2. The summed E-state index contributed by atoms with van der Waals surface area (Å²) >= 11 is 1.76. The van der Waals surface area contributed by atoms with Crippen LogP contribution in [0.1, 0.15) is 5.56 Å². The van der Waals surface area contributed by atoms with Crippen molar-refractivity contribution < 1.29 is 9.47 Å². The van der Waals surface area contributed by atoms with Crippen LogP contribution in [0.3, 0.4) is 0 Å². The van der Waals surface area contributed by atoms with Gasteiger partial charge < -0.3 is 14.8 Å². The minimum absolute atomic E-state index is 0.618. The van der Waals surface area contributed by atoms with Gasteiger partial charge in [0, 0.05) is 23.2 Å². The first-order chi connectivity index (χ1) is 9.85. The molecular formula is C16H17NO2S. The van der Waals surface area contributed by atoms with Crippen LogP contribution in [0.2, 0.25) is 0 Å². The maximum absolute atomic E-state index is 5.58. The van der Waals surface area contributed by atoms with E-state index in [0.29, 0.717) is 13.2 Å². The van der Waals surface area contributed by atoms with Gasteiger partial charge in [0.2, 0.25) is 0 Å². The quantitative estimate of drug-likeness (QED) is 0.867. The van der Waals surface area contributed by atoms with Crippen LogP contribution in [0.25, 0.3) is 0 Å². The Morgan fingerprint density at radius 2 is 1.75 bits per heavy atom. The van der Waals surface area contributed by atoms with Crippen molar-refractivity contribution in [2.75, 3.05) is 24.8 Å². The van der Waals surface area contributed by atoms with Crippen molar-refractivity contribution in [1.29, 1.82) is 0 Å². The summed E-state index contributed by atoms with van der Waals surface area (Å²) < 4.78 is 11.1. The molecule has 4 heteroatoms. The lowest BCUT2D eigenvalue weighted by Crippen LogP contribution is -2.15. The number of benzene rings is 2. The van der Waals surface area contributed by atoms with E-state index in [-0.39, 0.29) is 0 Å². The van der Waals surface area contributed by atoms with Crippen LogP contribution in [-0.2, 0) is 6.54 Å². The molecule has 20 heavy (non-hydrogen) atoms. The van der Waals surface area contributed by atoms with Gasteiger partial charge in [-0.25, -0.2) is 0 Å². The highest BCUT2D eigenvalue weighted by molar-refractivity contribution is 7.98. The normalized spacial score (nSPS) is 13.1. The molecule has 1 aliphatic rings. The fraction of sp³-hybridized carbons (Fsp3) is 0.250. The molecule has 0 fully saturated rings. The third-order valence-corrected chi connectivity index (χ3v) is 3.94. The van der Waals surface area contributed by atoms with E-state index in [1.165, 1.54) is 10.5 Å². The highest BCUT2D eigenvalue weighted by Crippen LogP contribution is 2.32. The molecule has 0 amide bonds. The fourth-order valence-corrected chi connectivity index (χ4v) is 2.51. The Morgan fingerprint density at radius 1 is 1.00 bits per heavy atom. The summed E-state index contributed by atoms with van der Waals surface area (Å²) in [5, 5.41) is 3.41. The van der Waals surface area contributed by atoms with E-state index in [1.807, 2.05) is 18.2 Å². The maximum Gasteiger partial charge on any atom is 0.163 e. The summed E-state index contributed by atoms with van der Waals surface area (Å²) in [6, 6.07) is 14.5. The Kier molecular flexibility index (Phi) is 4.02. The molecule has 0 unspecified atom stereocenters. The maximum atomic E-state index is 5.58. The highest BCUT2D eigenvalue weighted by atomic mass is 32.2. The molecule has 104 valence electrons. The van der Waals surface area contributed by atoms with Gasteiger partial charge in [-0.1, -0.05) is 12.1 Å². The zero-order valence-corrected chi connectivity index (χ0v) is 12.2. The zero-order chi connectivity index (χ0) is 13.8. The SMILES string of the molecule is CSc1ccc(CNc2ccc3c(c2)OCCO3)cc1. The van der Waals surface area contributed by atoms with Crippen LogP contribution in [0.5, 0.6) is 11.5 Å². The molecule has 0 aliphatic carbocycles. The molecule has 0 aromatic heterocycles. The van der Waals surface area contributed by atoms with Gasteiger partial charge >= 0.3 is 0 Å². The Bertz CT molecular complexity index is 584. The van der Waals surface area contributed by atoms with Crippen molar-refractivity contribution in [2.24, 2.45) is 0 Å². The van der Waals surface area contributed by atoms with E-state index in [2.05, 4.69) is 35.8 Å². The van der Waals surface area contributed by atoms with E-state index in [1.54, 1.807) is 11.8 Å². The largest absolute Gasteiger partial charge is 0.486 e. The first-order valence-electron chi connectivity index (χ1n) is 6.61. The second kappa shape index (κ2) is 6.09. The molecule has 0 spiro atoms. The minimum Gasteiger partial charge on any atom is -0.486 e. The van der Waals surface area contributed by atoms with Gasteiger partial charge in [0.1, 0.15) is 13.2 Å². The van der Waals surface area contributed by atoms with Crippen LogP contribution < -0.4 is 14.8 Å². The Morgan fingerprint density at radius 3 is 2.50 bits per heavy atom. The summed E-state index contributed by atoms with van der Waals surface area (Å²) in [7, 11) is 0. The zero-order valence-electron chi connectivity index (χ0n) is 11.4. The predicted octanol–water partition coefficient (Wildman–Crippen LogP) is 3.79. The van der Waals surface area contributed by atoms with Crippen molar-refractivity contribution >= 4 is 17.4 Å². The Balaban J connectivity index is 1.65. The summed E-state index contributed by atoms with van der Waals surface area (Å²) in [5.74, 6) is 1.64. The number of rotatable bonds is 4. The van der Waals surface area contributed by atoms with Crippen LogP contribution in [0.15, 0.2) is 47.4 Å². The van der Waals surface area contributed by atoms with Crippen LogP contribution in [0.4, 0.5) is 5.69 Å². The van der Waals surface area contributed by atoms with E-state index in [4.69, 9.17) is 9.47 Å². The Hall–Kier alpha value is -1.81. The molecule has 0 saturated carbocycles. The number of hydrogen-bond acceptors (Lipinski definition) is 4. The molecule has 0 atom stereocenters. The van der Waals surface area contributed by atoms with Crippen LogP contribution in [-0.4, -0.2) is 19.5 Å². The third-order valence-electron chi connectivity index (χ3n) is 3.20. The minimum atomic E-state index is 0.618. The van der Waals surface area contributed by atoms with Gasteiger partial charge in [-0.3, -0.25) is 0 Å². The summed E-state index contributed by atoms with van der Waals surface area (Å²) in [6.45, 7) is 2.04. The third kappa shape index (κ3) is 3.02.